The van der Waals surface area contributed by atoms with E-state index in [-0.39, 0.29) is 11.8 Å². The van der Waals surface area contributed by atoms with Crippen LogP contribution in [0, 0.1) is 17.2 Å². The first-order valence-corrected chi connectivity index (χ1v) is 5.64. The van der Waals surface area contributed by atoms with E-state index >= 15 is 0 Å². The molecule has 1 fully saturated rings. The smallest absolute Gasteiger partial charge is 0.234 e. The average molecular weight is 225 g/mol. The Labute approximate surface area is 96.4 Å². The van der Waals surface area contributed by atoms with Crippen molar-refractivity contribution in [3.63, 3.8) is 0 Å². The van der Waals surface area contributed by atoms with E-state index in [1.807, 2.05) is 0 Å². The van der Waals surface area contributed by atoms with Crippen LogP contribution >= 0.6 is 0 Å². The average Bonchev–Trinajstić information content (AvgIpc) is 2.30. The number of carbonyl (C=O) groups excluding carboxylic acids is 1. The fourth-order valence-electron chi connectivity index (χ4n) is 1.77. The number of rotatable bonds is 5. The second-order valence-electron chi connectivity index (χ2n) is 4.02. The van der Waals surface area contributed by atoms with Gasteiger partial charge in [-0.1, -0.05) is 0 Å². The van der Waals surface area contributed by atoms with Gasteiger partial charge in [-0.05, 0) is 25.9 Å². The van der Waals surface area contributed by atoms with Crippen molar-refractivity contribution < 1.29 is 9.53 Å². The lowest BCUT2D eigenvalue weighted by Crippen LogP contribution is -2.42. The summed E-state index contributed by atoms with van der Waals surface area (Å²) < 4.78 is 4.85. The molecule has 0 aromatic heterocycles. The summed E-state index contributed by atoms with van der Waals surface area (Å²) in [7, 11) is 1.61. The van der Waals surface area contributed by atoms with Crippen molar-refractivity contribution in [2.24, 2.45) is 5.92 Å². The number of piperidine rings is 1. The van der Waals surface area contributed by atoms with E-state index in [9.17, 15) is 4.79 Å². The Hall–Kier alpha value is -1.12. The van der Waals surface area contributed by atoms with Crippen LogP contribution in [0.5, 0.6) is 0 Å². The molecule has 1 rings (SSSR count). The van der Waals surface area contributed by atoms with Crippen molar-refractivity contribution >= 4 is 5.91 Å². The van der Waals surface area contributed by atoms with Gasteiger partial charge in [0.2, 0.25) is 5.91 Å². The van der Waals surface area contributed by atoms with Crippen LogP contribution in [-0.2, 0) is 9.53 Å². The van der Waals surface area contributed by atoms with Gasteiger partial charge in [0.05, 0.1) is 19.2 Å². The molecule has 0 spiro atoms. The highest BCUT2D eigenvalue weighted by molar-refractivity contribution is 5.77. The third-order valence-electron chi connectivity index (χ3n) is 2.77. The maximum absolute atomic E-state index is 11.5. The number of nitrogens with zero attached hydrogens (tertiary/aromatic N) is 2. The summed E-state index contributed by atoms with van der Waals surface area (Å²) in [6.45, 7) is 3.22. The zero-order chi connectivity index (χ0) is 11.8. The van der Waals surface area contributed by atoms with Crippen LogP contribution in [-0.4, -0.2) is 50.7 Å². The molecule has 0 aromatic rings. The number of hydrogen-bond acceptors (Lipinski definition) is 4. The van der Waals surface area contributed by atoms with E-state index in [0.717, 1.165) is 25.9 Å². The molecule has 1 aliphatic heterocycles. The fourth-order valence-corrected chi connectivity index (χ4v) is 1.77. The summed E-state index contributed by atoms with van der Waals surface area (Å²) in [5.41, 5.74) is 0. The molecular weight excluding hydrogens is 206 g/mol. The molecule has 1 aliphatic rings. The second-order valence-corrected chi connectivity index (χ2v) is 4.02. The molecule has 0 saturated carbocycles. The molecule has 16 heavy (non-hydrogen) atoms. The van der Waals surface area contributed by atoms with Gasteiger partial charge in [-0.2, -0.15) is 5.26 Å². The molecule has 0 unspecified atom stereocenters. The van der Waals surface area contributed by atoms with Crippen molar-refractivity contribution in [1.82, 2.24) is 10.2 Å². The number of nitriles is 1. The van der Waals surface area contributed by atoms with Crippen LogP contribution in [0.15, 0.2) is 0 Å². The minimum absolute atomic E-state index is 0.0347. The van der Waals surface area contributed by atoms with Crippen molar-refractivity contribution in [2.75, 3.05) is 39.9 Å². The number of nitrogens with one attached hydrogen (secondary N) is 1. The van der Waals surface area contributed by atoms with Crippen LogP contribution < -0.4 is 5.32 Å². The molecule has 5 nitrogen and oxygen atoms in total. The third-order valence-corrected chi connectivity index (χ3v) is 2.77. The third kappa shape index (κ3) is 4.60. The highest BCUT2D eigenvalue weighted by Gasteiger charge is 2.19. The van der Waals surface area contributed by atoms with E-state index in [4.69, 9.17) is 10.00 Å². The highest BCUT2D eigenvalue weighted by atomic mass is 16.5. The molecule has 1 heterocycles. The predicted molar refractivity (Wildman–Crippen MR) is 59.7 cm³/mol. The summed E-state index contributed by atoms with van der Waals surface area (Å²) in [5, 5.41) is 11.5. The van der Waals surface area contributed by atoms with Gasteiger partial charge in [-0.25, -0.2) is 0 Å². The van der Waals surface area contributed by atoms with Gasteiger partial charge in [-0.15, -0.1) is 0 Å². The standard InChI is InChI=1S/C11H19N3O2/c1-16-7-4-13-11(15)9-14-5-2-10(8-12)3-6-14/h10H,2-7,9H2,1H3,(H,13,15). The first-order valence-electron chi connectivity index (χ1n) is 5.64. The molecule has 1 saturated heterocycles. The van der Waals surface area contributed by atoms with Gasteiger partial charge in [-0.3, -0.25) is 9.69 Å². The lowest BCUT2D eigenvalue weighted by atomic mass is 9.99. The van der Waals surface area contributed by atoms with Gasteiger partial charge in [0.1, 0.15) is 0 Å². The van der Waals surface area contributed by atoms with E-state index < -0.39 is 0 Å². The molecule has 0 radical (unpaired) electrons. The van der Waals surface area contributed by atoms with Crippen LogP contribution in [0.3, 0.4) is 0 Å². The van der Waals surface area contributed by atoms with Gasteiger partial charge in [0.15, 0.2) is 0 Å². The Morgan fingerprint density at radius 2 is 2.25 bits per heavy atom. The second kappa shape index (κ2) is 7.20. The summed E-state index contributed by atoms with van der Waals surface area (Å²) >= 11 is 0. The predicted octanol–water partition coefficient (Wildman–Crippen LogP) is -0.0154. The van der Waals surface area contributed by atoms with Gasteiger partial charge in [0.25, 0.3) is 0 Å². The van der Waals surface area contributed by atoms with Crippen LogP contribution in [0.2, 0.25) is 0 Å². The first kappa shape index (κ1) is 12.9. The lowest BCUT2D eigenvalue weighted by molar-refractivity contribution is -0.122. The van der Waals surface area contributed by atoms with Crippen LogP contribution in [0.25, 0.3) is 0 Å². The summed E-state index contributed by atoms with van der Waals surface area (Å²) in [6.07, 6.45) is 1.75. The minimum Gasteiger partial charge on any atom is -0.383 e. The van der Waals surface area contributed by atoms with Crippen molar-refractivity contribution in [3.05, 3.63) is 0 Å². The van der Waals surface area contributed by atoms with Crippen LogP contribution in [0.4, 0.5) is 0 Å². The summed E-state index contributed by atoms with van der Waals surface area (Å²) in [6, 6.07) is 2.28. The summed E-state index contributed by atoms with van der Waals surface area (Å²) in [4.78, 5) is 13.6. The molecule has 0 aliphatic carbocycles. The highest BCUT2D eigenvalue weighted by Crippen LogP contribution is 2.15. The maximum atomic E-state index is 11.5. The van der Waals surface area contributed by atoms with E-state index in [1.165, 1.54) is 0 Å². The van der Waals surface area contributed by atoms with Gasteiger partial charge >= 0.3 is 0 Å². The Balaban J connectivity index is 2.13. The molecule has 0 atom stereocenters. The molecule has 0 aromatic carbocycles. The number of carbonyl (C=O) groups is 1. The minimum atomic E-state index is 0.0347. The first-order chi connectivity index (χ1) is 7.76. The normalized spacial score (nSPS) is 18.0. The molecular formula is C11H19N3O2. The van der Waals surface area contributed by atoms with Crippen molar-refractivity contribution in [3.8, 4) is 6.07 Å². The molecule has 5 heteroatoms. The molecule has 1 N–H and O–H groups in total. The number of hydrogen-bond donors (Lipinski definition) is 1. The fraction of sp³-hybridized carbons (Fsp3) is 0.818. The number of methoxy groups -OCH3 is 1. The Morgan fingerprint density at radius 3 is 2.81 bits per heavy atom. The number of amides is 1. The summed E-state index contributed by atoms with van der Waals surface area (Å²) in [5.74, 6) is 0.209. The quantitative estimate of drug-likeness (QED) is 0.668. The topological polar surface area (TPSA) is 65.4 Å². The SMILES string of the molecule is COCCNC(=O)CN1CCC(C#N)CC1. The molecule has 0 bridgehead atoms. The molecule has 90 valence electrons. The Morgan fingerprint density at radius 1 is 1.56 bits per heavy atom. The van der Waals surface area contributed by atoms with Crippen LogP contribution in [0.1, 0.15) is 12.8 Å². The largest absolute Gasteiger partial charge is 0.383 e. The Kier molecular flexibility index (Phi) is 5.83. The maximum Gasteiger partial charge on any atom is 0.234 e. The number of ether oxygens (including phenoxy) is 1. The van der Waals surface area contributed by atoms with Crippen molar-refractivity contribution in [2.45, 2.75) is 12.8 Å². The van der Waals surface area contributed by atoms with E-state index in [2.05, 4.69) is 16.3 Å². The van der Waals surface area contributed by atoms with Crippen molar-refractivity contribution in [1.29, 1.82) is 5.26 Å². The van der Waals surface area contributed by atoms with Gasteiger partial charge in [0, 0.05) is 19.6 Å². The monoisotopic (exact) mass is 225 g/mol. The lowest BCUT2D eigenvalue weighted by Gasteiger charge is -2.28. The Bertz CT molecular complexity index is 254. The zero-order valence-electron chi connectivity index (χ0n) is 9.74. The van der Waals surface area contributed by atoms with E-state index in [1.54, 1.807) is 7.11 Å². The molecule has 1 amide bonds. The number of likely N-dealkylation sites (tertiary alicyclic amines) is 1. The van der Waals surface area contributed by atoms with Gasteiger partial charge < -0.3 is 10.1 Å². The zero-order valence-corrected chi connectivity index (χ0v) is 9.74. The van der Waals surface area contributed by atoms with E-state index in [0.29, 0.717) is 19.7 Å².